The number of benzene rings is 1. The summed E-state index contributed by atoms with van der Waals surface area (Å²) in [6.07, 6.45) is 0.892. The number of likely N-dealkylation sites (N-methyl/N-ethyl adjacent to an activating group) is 1. The summed E-state index contributed by atoms with van der Waals surface area (Å²) in [4.78, 5) is 28.8. The second-order valence-electron chi connectivity index (χ2n) is 7.76. The van der Waals surface area contributed by atoms with Crippen LogP contribution in [0.4, 0.5) is 10.7 Å². The highest BCUT2D eigenvalue weighted by Gasteiger charge is 2.55. The van der Waals surface area contributed by atoms with Gasteiger partial charge in [0.25, 0.3) is 5.95 Å². The first-order valence-corrected chi connectivity index (χ1v) is 9.64. The SMILES string of the molecule is COc1ccc(-c2nnc3n2C2=[N+](C)C(=O)N(C)C(=O)C2N3CCC(C)C)cc1. The van der Waals surface area contributed by atoms with E-state index in [1.165, 1.54) is 16.5 Å². The van der Waals surface area contributed by atoms with Gasteiger partial charge < -0.3 is 9.64 Å². The molecule has 9 heteroatoms. The first kappa shape index (κ1) is 19.1. The molecule has 2 aliphatic rings. The van der Waals surface area contributed by atoms with Crippen molar-refractivity contribution in [1.29, 1.82) is 0 Å². The number of aromatic nitrogens is 3. The van der Waals surface area contributed by atoms with Crippen molar-refractivity contribution in [3.05, 3.63) is 24.3 Å². The molecule has 1 atom stereocenters. The number of methoxy groups -OCH3 is 1. The lowest BCUT2D eigenvalue weighted by Crippen LogP contribution is -2.59. The van der Waals surface area contributed by atoms with Crippen molar-refractivity contribution in [2.45, 2.75) is 26.3 Å². The lowest BCUT2D eigenvalue weighted by atomic mass is 10.1. The molecule has 4 rings (SSSR count). The minimum Gasteiger partial charge on any atom is -0.497 e. The Balaban J connectivity index is 1.88. The molecule has 0 fully saturated rings. The van der Waals surface area contributed by atoms with Gasteiger partial charge in [-0.1, -0.05) is 18.9 Å². The molecule has 0 saturated carbocycles. The summed E-state index contributed by atoms with van der Waals surface area (Å²) in [5, 5.41) is 8.78. The van der Waals surface area contributed by atoms with E-state index in [1.807, 2.05) is 33.7 Å². The average Bonchev–Trinajstić information content (AvgIpc) is 3.27. The molecule has 152 valence electrons. The number of hydrogen-bond acceptors (Lipinski definition) is 6. The molecule has 1 unspecified atom stereocenters. The molecule has 2 aromatic rings. The van der Waals surface area contributed by atoms with Crippen LogP contribution in [0.2, 0.25) is 0 Å². The second kappa shape index (κ2) is 6.98. The molecule has 0 aliphatic carbocycles. The zero-order valence-corrected chi connectivity index (χ0v) is 17.3. The van der Waals surface area contributed by atoms with Crippen molar-refractivity contribution < 1.29 is 18.9 Å². The van der Waals surface area contributed by atoms with E-state index < -0.39 is 6.04 Å². The number of imide groups is 1. The molecule has 3 heterocycles. The van der Waals surface area contributed by atoms with Crippen molar-refractivity contribution in [2.75, 3.05) is 32.6 Å². The third-order valence-electron chi connectivity index (χ3n) is 5.47. The maximum absolute atomic E-state index is 13.1. The first-order chi connectivity index (χ1) is 13.8. The van der Waals surface area contributed by atoms with E-state index in [4.69, 9.17) is 4.74 Å². The van der Waals surface area contributed by atoms with Crippen LogP contribution >= 0.6 is 0 Å². The predicted molar refractivity (Wildman–Crippen MR) is 107 cm³/mol. The Morgan fingerprint density at radius 1 is 1.17 bits per heavy atom. The number of amides is 3. The number of anilines is 1. The molecule has 0 spiro atoms. The van der Waals surface area contributed by atoms with Gasteiger partial charge in [-0.15, -0.1) is 5.10 Å². The zero-order chi connectivity index (χ0) is 20.9. The van der Waals surface area contributed by atoms with E-state index in [1.54, 1.807) is 14.2 Å². The summed E-state index contributed by atoms with van der Waals surface area (Å²) >= 11 is 0. The maximum Gasteiger partial charge on any atom is 0.445 e. The van der Waals surface area contributed by atoms with E-state index in [9.17, 15) is 9.59 Å². The molecule has 2 aliphatic heterocycles. The molecule has 1 aromatic heterocycles. The van der Waals surface area contributed by atoms with Gasteiger partial charge in [0, 0.05) is 12.1 Å². The van der Waals surface area contributed by atoms with Crippen LogP contribution in [0.5, 0.6) is 5.75 Å². The molecule has 0 bridgehead atoms. The Bertz CT molecular complexity index is 1010. The van der Waals surface area contributed by atoms with E-state index >= 15 is 0 Å². The molecular formula is C20H25N6O3+. The third kappa shape index (κ3) is 2.88. The largest absolute Gasteiger partial charge is 0.497 e. The Morgan fingerprint density at radius 2 is 1.86 bits per heavy atom. The average molecular weight is 397 g/mol. The van der Waals surface area contributed by atoms with Crippen LogP contribution in [0.3, 0.4) is 0 Å². The van der Waals surface area contributed by atoms with Crippen LogP contribution < -0.4 is 9.64 Å². The normalized spacial score (nSPS) is 18.6. The summed E-state index contributed by atoms with van der Waals surface area (Å²) in [6, 6.07) is 6.51. The molecule has 9 nitrogen and oxygen atoms in total. The summed E-state index contributed by atoms with van der Waals surface area (Å²) in [6.45, 7) is 4.92. The Hall–Kier alpha value is -3.23. The molecule has 3 amide bonds. The number of ether oxygens (including phenoxy) is 1. The van der Waals surface area contributed by atoms with Crippen molar-refractivity contribution >= 4 is 23.7 Å². The standard InChI is InChI=1S/C20H25N6O3/c1-12(2)10-11-25-15-17(23(3)20(28)24(4)18(15)27)26-16(21-22-19(25)26)13-6-8-14(29-5)9-7-13/h6-9,12,15H,10-11H2,1-5H3/q+1. The van der Waals surface area contributed by atoms with Crippen molar-refractivity contribution in [3.8, 4) is 17.1 Å². The fourth-order valence-corrected chi connectivity index (χ4v) is 3.78. The van der Waals surface area contributed by atoms with Gasteiger partial charge in [-0.2, -0.15) is 9.47 Å². The van der Waals surface area contributed by atoms with Crippen LogP contribution in [0.15, 0.2) is 24.3 Å². The molecule has 29 heavy (non-hydrogen) atoms. The molecule has 0 saturated heterocycles. The Morgan fingerprint density at radius 3 is 2.48 bits per heavy atom. The molecular weight excluding hydrogens is 372 g/mol. The van der Waals surface area contributed by atoms with Gasteiger partial charge in [0.2, 0.25) is 17.7 Å². The van der Waals surface area contributed by atoms with Crippen molar-refractivity contribution in [2.24, 2.45) is 5.92 Å². The van der Waals surface area contributed by atoms with Gasteiger partial charge in [-0.05, 0) is 36.6 Å². The predicted octanol–water partition coefficient (Wildman–Crippen LogP) is 1.67. The number of carbonyl (C=O) groups is 2. The van der Waals surface area contributed by atoms with E-state index in [2.05, 4.69) is 24.0 Å². The third-order valence-corrected chi connectivity index (χ3v) is 5.47. The number of urea groups is 1. The summed E-state index contributed by atoms with van der Waals surface area (Å²) in [7, 11) is 4.81. The van der Waals surface area contributed by atoms with Crippen molar-refractivity contribution in [3.63, 3.8) is 0 Å². The van der Waals surface area contributed by atoms with Crippen LogP contribution in [-0.4, -0.2) is 75.8 Å². The summed E-state index contributed by atoms with van der Waals surface area (Å²) < 4.78 is 8.58. The van der Waals surface area contributed by atoms with Crippen LogP contribution in [-0.2, 0) is 4.79 Å². The van der Waals surface area contributed by atoms with Gasteiger partial charge in [0.15, 0.2) is 0 Å². The summed E-state index contributed by atoms with van der Waals surface area (Å²) in [5.41, 5.74) is 0.828. The van der Waals surface area contributed by atoms with Crippen LogP contribution in [0, 0.1) is 5.92 Å². The zero-order valence-electron chi connectivity index (χ0n) is 17.3. The first-order valence-electron chi connectivity index (χ1n) is 9.64. The Labute approximate surface area is 169 Å². The minimum absolute atomic E-state index is 0.252. The topological polar surface area (TPSA) is 83.6 Å². The Kier molecular flexibility index (Phi) is 4.60. The fourth-order valence-electron chi connectivity index (χ4n) is 3.78. The molecule has 0 radical (unpaired) electrons. The van der Waals surface area contributed by atoms with Crippen molar-refractivity contribution in [1.82, 2.24) is 19.7 Å². The number of hydrogen-bond donors (Lipinski definition) is 0. The maximum atomic E-state index is 13.1. The number of fused-ring (bicyclic) bond motifs is 3. The van der Waals surface area contributed by atoms with Crippen LogP contribution in [0.1, 0.15) is 20.3 Å². The summed E-state index contributed by atoms with van der Waals surface area (Å²) in [5.74, 6) is 2.70. The monoisotopic (exact) mass is 397 g/mol. The fraction of sp³-hybridized carbons (Fsp3) is 0.450. The van der Waals surface area contributed by atoms with Gasteiger partial charge in [-0.3, -0.25) is 4.79 Å². The highest BCUT2D eigenvalue weighted by atomic mass is 16.5. The minimum atomic E-state index is -0.594. The quantitative estimate of drug-likeness (QED) is 0.714. The second-order valence-corrected chi connectivity index (χ2v) is 7.76. The molecule has 1 aromatic carbocycles. The lowest BCUT2D eigenvalue weighted by Gasteiger charge is -2.27. The van der Waals surface area contributed by atoms with E-state index in [0.717, 1.165) is 17.7 Å². The molecule has 0 N–H and O–H groups in total. The van der Waals surface area contributed by atoms with Crippen LogP contribution in [0.25, 0.3) is 11.4 Å². The highest BCUT2D eigenvalue weighted by Crippen LogP contribution is 2.33. The van der Waals surface area contributed by atoms with Gasteiger partial charge >= 0.3 is 11.9 Å². The number of carbonyl (C=O) groups excluding carboxylic acids is 2. The van der Waals surface area contributed by atoms with Gasteiger partial charge in [-0.25, -0.2) is 9.37 Å². The number of nitrogens with zero attached hydrogens (tertiary/aromatic N) is 6. The number of rotatable bonds is 5. The lowest BCUT2D eigenvalue weighted by molar-refractivity contribution is -0.407. The smallest absolute Gasteiger partial charge is 0.445 e. The van der Waals surface area contributed by atoms with E-state index in [-0.39, 0.29) is 11.9 Å². The van der Waals surface area contributed by atoms with E-state index in [0.29, 0.717) is 30.1 Å². The van der Waals surface area contributed by atoms with Gasteiger partial charge in [0.1, 0.15) is 5.75 Å². The highest BCUT2D eigenvalue weighted by molar-refractivity contribution is 6.18. The van der Waals surface area contributed by atoms with Gasteiger partial charge in [0.05, 0.1) is 21.2 Å².